The highest BCUT2D eigenvalue weighted by molar-refractivity contribution is 6.31. The van der Waals surface area contributed by atoms with Crippen molar-refractivity contribution in [1.29, 1.82) is 0 Å². The van der Waals surface area contributed by atoms with Gasteiger partial charge in [0.2, 0.25) is 0 Å². The molecule has 1 aliphatic rings. The lowest BCUT2D eigenvalue weighted by Gasteiger charge is -2.16. The van der Waals surface area contributed by atoms with Crippen molar-refractivity contribution >= 4 is 11.6 Å². The number of hydrogen-bond donors (Lipinski definition) is 1. The molecule has 1 nitrogen and oxygen atoms in total. The maximum atomic E-state index is 13.3. The molecule has 0 aliphatic heterocycles. The number of likely N-dealkylation sites (N-methyl/N-ethyl adjacent to an activating group) is 1. The summed E-state index contributed by atoms with van der Waals surface area (Å²) in [6.07, 6.45) is 4.66. The molecule has 1 fully saturated rings. The monoisotopic (exact) mass is 241 g/mol. The molecule has 16 heavy (non-hydrogen) atoms. The van der Waals surface area contributed by atoms with Gasteiger partial charge in [0.25, 0.3) is 0 Å². The molecule has 1 unspecified atom stereocenters. The van der Waals surface area contributed by atoms with Gasteiger partial charge in [-0.25, -0.2) is 4.39 Å². The lowest BCUT2D eigenvalue weighted by atomic mass is 10.0. The minimum absolute atomic E-state index is 0.276. The summed E-state index contributed by atoms with van der Waals surface area (Å²) in [5.41, 5.74) is 0.904. The molecule has 1 N–H and O–H groups in total. The lowest BCUT2D eigenvalue weighted by Crippen LogP contribution is -2.28. The van der Waals surface area contributed by atoms with Crippen LogP contribution in [0, 0.1) is 11.7 Å². The van der Waals surface area contributed by atoms with E-state index < -0.39 is 0 Å². The third-order valence-corrected chi connectivity index (χ3v) is 3.64. The van der Waals surface area contributed by atoms with Gasteiger partial charge in [0.15, 0.2) is 0 Å². The number of nitrogens with one attached hydrogen (secondary N) is 1. The molecule has 0 saturated heterocycles. The Labute approximate surface area is 101 Å². The van der Waals surface area contributed by atoms with Crippen molar-refractivity contribution in [2.75, 3.05) is 7.05 Å². The van der Waals surface area contributed by atoms with Crippen molar-refractivity contribution in [3.05, 3.63) is 34.6 Å². The fourth-order valence-electron chi connectivity index (χ4n) is 2.03. The standard InChI is InChI=1S/C13H17ClFN/c1-16-11(7-9-5-6-9)8-10-3-2-4-12(15)13(10)14/h2-4,9,11,16H,5-8H2,1H3. The first-order valence-electron chi connectivity index (χ1n) is 5.81. The Bertz CT molecular complexity index is 363. The SMILES string of the molecule is CNC(Cc1cccc(F)c1Cl)CC1CC1. The average molecular weight is 242 g/mol. The van der Waals surface area contributed by atoms with Crippen LogP contribution in [0.15, 0.2) is 18.2 Å². The van der Waals surface area contributed by atoms with Gasteiger partial charge in [-0.1, -0.05) is 36.6 Å². The van der Waals surface area contributed by atoms with Crippen LogP contribution in [0.2, 0.25) is 5.02 Å². The van der Waals surface area contributed by atoms with Gasteiger partial charge in [0, 0.05) is 6.04 Å². The minimum Gasteiger partial charge on any atom is -0.317 e. The first-order valence-corrected chi connectivity index (χ1v) is 6.18. The maximum Gasteiger partial charge on any atom is 0.142 e. The van der Waals surface area contributed by atoms with E-state index in [1.54, 1.807) is 6.07 Å². The van der Waals surface area contributed by atoms with E-state index in [1.165, 1.54) is 25.3 Å². The van der Waals surface area contributed by atoms with E-state index in [4.69, 9.17) is 11.6 Å². The molecule has 0 amide bonds. The van der Waals surface area contributed by atoms with E-state index in [1.807, 2.05) is 13.1 Å². The summed E-state index contributed by atoms with van der Waals surface area (Å²) in [6, 6.07) is 5.44. The fraction of sp³-hybridized carbons (Fsp3) is 0.538. The molecule has 1 atom stereocenters. The molecule has 2 rings (SSSR count). The summed E-state index contributed by atoms with van der Waals surface area (Å²) in [4.78, 5) is 0. The Morgan fingerprint density at radius 2 is 2.25 bits per heavy atom. The van der Waals surface area contributed by atoms with Gasteiger partial charge in [-0.05, 0) is 37.4 Å². The summed E-state index contributed by atoms with van der Waals surface area (Å²) < 4.78 is 13.3. The molecule has 1 aliphatic carbocycles. The highest BCUT2D eigenvalue weighted by atomic mass is 35.5. The molecule has 1 aromatic carbocycles. The zero-order valence-corrected chi connectivity index (χ0v) is 10.2. The van der Waals surface area contributed by atoms with Crippen LogP contribution >= 0.6 is 11.6 Å². The van der Waals surface area contributed by atoms with Gasteiger partial charge in [-0.2, -0.15) is 0 Å². The van der Waals surface area contributed by atoms with Gasteiger partial charge < -0.3 is 5.32 Å². The summed E-state index contributed by atoms with van der Waals surface area (Å²) in [7, 11) is 1.96. The molecular weight excluding hydrogens is 225 g/mol. The van der Waals surface area contributed by atoms with E-state index >= 15 is 0 Å². The molecule has 88 valence electrons. The van der Waals surface area contributed by atoms with Crippen molar-refractivity contribution in [2.24, 2.45) is 5.92 Å². The molecule has 3 heteroatoms. The lowest BCUT2D eigenvalue weighted by molar-refractivity contribution is 0.489. The van der Waals surface area contributed by atoms with E-state index in [9.17, 15) is 4.39 Å². The molecule has 0 radical (unpaired) electrons. The molecule has 1 aromatic rings. The van der Waals surface area contributed by atoms with Gasteiger partial charge >= 0.3 is 0 Å². The van der Waals surface area contributed by atoms with Crippen molar-refractivity contribution in [3.8, 4) is 0 Å². The summed E-state index contributed by atoms with van der Waals surface area (Å²) in [6.45, 7) is 0. The van der Waals surface area contributed by atoms with Gasteiger partial charge in [0.05, 0.1) is 5.02 Å². The first kappa shape index (κ1) is 11.9. The van der Waals surface area contributed by atoms with Crippen LogP contribution in [0.25, 0.3) is 0 Å². The van der Waals surface area contributed by atoms with Crippen molar-refractivity contribution in [1.82, 2.24) is 5.32 Å². The average Bonchev–Trinajstić information content (AvgIpc) is 3.07. The first-order chi connectivity index (χ1) is 7.70. The zero-order chi connectivity index (χ0) is 11.5. The van der Waals surface area contributed by atoms with Crippen LogP contribution in [0.5, 0.6) is 0 Å². The number of benzene rings is 1. The summed E-state index contributed by atoms with van der Waals surface area (Å²) in [5.74, 6) is 0.547. The smallest absolute Gasteiger partial charge is 0.142 e. The quantitative estimate of drug-likeness (QED) is 0.833. The number of halogens is 2. The Morgan fingerprint density at radius 1 is 1.50 bits per heavy atom. The van der Waals surface area contributed by atoms with Crippen molar-refractivity contribution in [2.45, 2.75) is 31.7 Å². The molecule has 0 heterocycles. The topological polar surface area (TPSA) is 12.0 Å². The van der Waals surface area contributed by atoms with E-state index in [-0.39, 0.29) is 10.8 Å². The van der Waals surface area contributed by atoms with E-state index in [0.717, 1.165) is 17.9 Å². The van der Waals surface area contributed by atoms with Crippen molar-refractivity contribution in [3.63, 3.8) is 0 Å². The summed E-state index contributed by atoms with van der Waals surface area (Å²) in [5, 5.41) is 3.56. The Hall–Kier alpha value is -0.600. The summed E-state index contributed by atoms with van der Waals surface area (Å²) >= 11 is 5.94. The molecule has 0 aromatic heterocycles. The van der Waals surface area contributed by atoms with Crippen LogP contribution in [-0.4, -0.2) is 13.1 Å². The molecule has 1 saturated carbocycles. The minimum atomic E-state index is -0.319. The second-order valence-electron chi connectivity index (χ2n) is 4.58. The van der Waals surface area contributed by atoms with E-state index in [0.29, 0.717) is 6.04 Å². The second kappa shape index (κ2) is 5.15. The third kappa shape index (κ3) is 2.96. The zero-order valence-electron chi connectivity index (χ0n) is 9.47. The Kier molecular flexibility index (Phi) is 3.82. The van der Waals surface area contributed by atoms with Crippen LogP contribution in [-0.2, 0) is 6.42 Å². The highest BCUT2D eigenvalue weighted by Crippen LogP contribution is 2.34. The van der Waals surface area contributed by atoms with Crippen LogP contribution in [0.3, 0.4) is 0 Å². The number of hydrogen-bond acceptors (Lipinski definition) is 1. The predicted molar refractivity (Wildman–Crippen MR) is 65.3 cm³/mol. The molecular formula is C13H17ClFN. The van der Waals surface area contributed by atoms with Crippen molar-refractivity contribution < 1.29 is 4.39 Å². The Balaban J connectivity index is 2.02. The van der Waals surface area contributed by atoms with Crippen LogP contribution in [0.4, 0.5) is 4.39 Å². The van der Waals surface area contributed by atoms with E-state index in [2.05, 4.69) is 5.32 Å². The second-order valence-corrected chi connectivity index (χ2v) is 4.96. The van der Waals surface area contributed by atoms with Gasteiger partial charge in [0.1, 0.15) is 5.82 Å². The molecule has 0 bridgehead atoms. The van der Waals surface area contributed by atoms with Gasteiger partial charge in [-0.15, -0.1) is 0 Å². The predicted octanol–water partition coefficient (Wildman–Crippen LogP) is 3.41. The van der Waals surface area contributed by atoms with Crippen LogP contribution in [0.1, 0.15) is 24.8 Å². The van der Waals surface area contributed by atoms with Gasteiger partial charge in [-0.3, -0.25) is 0 Å². The highest BCUT2D eigenvalue weighted by Gasteiger charge is 2.25. The van der Waals surface area contributed by atoms with Crippen LogP contribution < -0.4 is 5.32 Å². The Morgan fingerprint density at radius 3 is 2.88 bits per heavy atom. The molecule has 0 spiro atoms. The number of rotatable bonds is 5. The largest absolute Gasteiger partial charge is 0.317 e. The third-order valence-electron chi connectivity index (χ3n) is 3.22. The fourth-order valence-corrected chi connectivity index (χ4v) is 2.23. The maximum absolute atomic E-state index is 13.3. The normalized spacial score (nSPS) is 17.4.